The predicted molar refractivity (Wildman–Crippen MR) is 66.6 cm³/mol. The van der Waals surface area contributed by atoms with Gasteiger partial charge in [0.25, 0.3) is 0 Å². The highest BCUT2D eigenvalue weighted by atomic mass is 19.4. The van der Waals surface area contributed by atoms with Crippen LogP contribution in [0.4, 0.5) is 24.9 Å². The van der Waals surface area contributed by atoms with Crippen LogP contribution in [-0.2, 0) is 11.0 Å². The standard InChI is InChI=1S/C10H15F3N6O/c1-2-15-8(20)3-4-16-7-5-6(10(11,12)13)17-9(18-7)19-14/h5H,2-4,14H2,1H3,(H,15,20)(H2,16,17,18,19). The molecule has 1 aromatic heterocycles. The van der Waals surface area contributed by atoms with Gasteiger partial charge in [0.2, 0.25) is 11.9 Å². The summed E-state index contributed by atoms with van der Waals surface area (Å²) in [5.41, 5.74) is 0.834. The summed E-state index contributed by atoms with van der Waals surface area (Å²) in [5.74, 6) is 4.38. The number of nitrogens with one attached hydrogen (secondary N) is 3. The number of carbonyl (C=O) groups excluding carboxylic acids is 1. The Morgan fingerprint density at radius 2 is 2.10 bits per heavy atom. The number of carbonyl (C=O) groups is 1. The largest absolute Gasteiger partial charge is 0.433 e. The van der Waals surface area contributed by atoms with Gasteiger partial charge in [-0.15, -0.1) is 0 Å². The maximum atomic E-state index is 12.6. The summed E-state index contributed by atoms with van der Waals surface area (Å²) < 4.78 is 37.8. The Labute approximate surface area is 113 Å². The number of nitrogens with two attached hydrogens (primary N) is 1. The van der Waals surface area contributed by atoms with Crippen molar-refractivity contribution in [1.82, 2.24) is 15.3 Å². The maximum Gasteiger partial charge on any atom is 0.433 e. The van der Waals surface area contributed by atoms with Crippen molar-refractivity contribution in [2.75, 3.05) is 23.8 Å². The molecule has 0 spiro atoms. The minimum absolute atomic E-state index is 0.0652. The van der Waals surface area contributed by atoms with Crippen LogP contribution >= 0.6 is 0 Å². The van der Waals surface area contributed by atoms with Crippen molar-refractivity contribution >= 4 is 17.7 Å². The fraction of sp³-hybridized carbons (Fsp3) is 0.500. The van der Waals surface area contributed by atoms with Gasteiger partial charge in [0.1, 0.15) is 5.82 Å². The Kier molecular flexibility index (Phi) is 5.50. The van der Waals surface area contributed by atoms with Crippen molar-refractivity contribution in [3.8, 4) is 0 Å². The summed E-state index contributed by atoms with van der Waals surface area (Å²) in [6.07, 6.45) is -4.49. The zero-order chi connectivity index (χ0) is 15.2. The molecule has 0 saturated carbocycles. The second kappa shape index (κ2) is 6.89. The summed E-state index contributed by atoms with van der Waals surface area (Å²) in [5, 5.41) is 5.18. The van der Waals surface area contributed by atoms with Gasteiger partial charge < -0.3 is 10.6 Å². The molecule has 0 aliphatic rings. The molecule has 1 amide bonds. The average Bonchev–Trinajstić information content (AvgIpc) is 2.37. The number of hydrogen-bond donors (Lipinski definition) is 4. The zero-order valence-electron chi connectivity index (χ0n) is 10.7. The Bertz CT molecular complexity index is 465. The molecule has 0 aliphatic carbocycles. The molecule has 0 atom stereocenters. The number of aromatic nitrogens is 2. The van der Waals surface area contributed by atoms with Crippen LogP contribution in [0.2, 0.25) is 0 Å². The lowest BCUT2D eigenvalue weighted by molar-refractivity contribution is -0.141. The van der Waals surface area contributed by atoms with E-state index in [1.54, 1.807) is 6.92 Å². The highest BCUT2D eigenvalue weighted by Crippen LogP contribution is 2.29. The molecule has 7 nitrogen and oxygen atoms in total. The Morgan fingerprint density at radius 1 is 1.40 bits per heavy atom. The molecule has 1 aromatic rings. The predicted octanol–water partition coefficient (Wildman–Crippen LogP) is 0.719. The second-order valence-electron chi connectivity index (χ2n) is 3.73. The van der Waals surface area contributed by atoms with Crippen molar-refractivity contribution < 1.29 is 18.0 Å². The van der Waals surface area contributed by atoms with Gasteiger partial charge in [0.05, 0.1) is 0 Å². The van der Waals surface area contributed by atoms with Crippen molar-refractivity contribution in [3.05, 3.63) is 11.8 Å². The first-order chi connectivity index (χ1) is 9.36. The van der Waals surface area contributed by atoms with Gasteiger partial charge in [0.15, 0.2) is 5.69 Å². The van der Waals surface area contributed by atoms with E-state index in [0.29, 0.717) is 6.54 Å². The van der Waals surface area contributed by atoms with Crippen LogP contribution in [0, 0.1) is 0 Å². The quantitative estimate of drug-likeness (QED) is 0.455. The first-order valence-corrected chi connectivity index (χ1v) is 5.80. The number of alkyl halides is 3. The van der Waals surface area contributed by atoms with E-state index in [1.807, 2.05) is 5.43 Å². The molecule has 1 rings (SSSR count). The summed E-state index contributed by atoms with van der Waals surface area (Å²) >= 11 is 0. The normalized spacial score (nSPS) is 11.1. The maximum absolute atomic E-state index is 12.6. The SMILES string of the molecule is CCNC(=O)CCNc1cc(C(F)(F)F)nc(NN)n1. The lowest BCUT2D eigenvalue weighted by Crippen LogP contribution is -2.25. The van der Waals surface area contributed by atoms with Crippen LogP contribution in [0.25, 0.3) is 0 Å². The lowest BCUT2D eigenvalue weighted by atomic mass is 10.3. The highest BCUT2D eigenvalue weighted by molar-refractivity contribution is 5.76. The zero-order valence-corrected chi connectivity index (χ0v) is 10.7. The Hall–Kier alpha value is -2.10. The summed E-state index contributed by atoms with van der Waals surface area (Å²) in [6, 6.07) is 0.749. The third-order valence-corrected chi connectivity index (χ3v) is 2.18. The average molecular weight is 292 g/mol. The molecule has 1 heterocycles. The van der Waals surface area contributed by atoms with E-state index in [1.165, 1.54) is 0 Å². The van der Waals surface area contributed by atoms with Gasteiger partial charge in [0, 0.05) is 25.6 Å². The van der Waals surface area contributed by atoms with E-state index in [-0.39, 0.29) is 30.6 Å². The van der Waals surface area contributed by atoms with Crippen LogP contribution < -0.4 is 21.9 Å². The van der Waals surface area contributed by atoms with Crippen LogP contribution in [0.3, 0.4) is 0 Å². The molecule has 0 bridgehead atoms. The molecule has 112 valence electrons. The van der Waals surface area contributed by atoms with Gasteiger partial charge >= 0.3 is 6.18 Å². The number of hydrogen-bond acceptors (Lipinski definition) is 6. The van der Waals surface area contributed by atoms with E-state index in [9.17, 15) is 18.0 Å². The molecule has 10 heteroatoms. The molecule has 0 unspecified atom stereocenters. The smallest absolute Gasteiger partial charge is 0.369 e. The van der Waals surface area contributed by atoms with E-state index in [2.05, 4.69) is 20.6 Å². The molecule has 0 radical (unpaired) electrons. The molecule has 20 heavy (non-hydrogen) atoms. The molecule has 5 N–H and O–H groups in total. The number of hydrazine groups is 1. The number of nitrogens with zero attached hydrogens (tertiary/aromatic N) is 2. The fourth-order valence-electron chi connectivity index (χ4n) is 1.34. The van der Waals surface area contributed by atoms with Gasteiger partial charge in [-0.05, 0) is 6.92 Å². The summed E-state index contributed by atoms with van der Waals surface area (Å²) in [6.45, 7) is 2.40. The minimum Gasteiger partial charge on any atom is -0.369 e. The first kappa shape index (κ1) is 16.0. The summed E-state index contributed by atoms with van der Waals surface area (Å²) in [4.78, 5) is 18.1. The molecular weight excluding hydrogens is 277 g/mol. The van der Waals surface area contributed by atoms with Gasteiger partial charge in [-0.25, -0.2) is 10.8 Å². The third-order valence-electron chi connectivity index (χ3n) is 2.18. The van der Waals surface area contributed by atoms with E-state index in [4.69, 9.17) is 5.84 Å². The van der Waals surface area contributed by atoms with Crippen molar-refractivity contribution in [2.45, 2.75) is 19.5 Å². The van der Waals surface area contributed by atoms with Gasteiger partial charge in [-0.1, -0.05) is 0 Å². The Morgan fingerprint density at radius 3 is 2.65 bits per heavy atom. The number of amides is 1. The van der Waals surface area contributed by atoms with Crippen LogP contribution in [-0.4, -0.2) is 29.0 Å². The van der Waals surface area contributed by atoms with Gasteiger partial charge in [-0.3, -0.25) is 10.2 Å². The molecular formula is C10H15F3N6O. The second-order valence-corrected chi connectivity index (χ2v) is 3.73. The summed E-state index contributed by atoms with van der Waals surface area (Å²) in [7, 11) is 0. The number of halogens is 3. The number of nitrogen functional groups attached to an aromatic ring is 1. The lowest BCUT2D eigenvalue weighted by Gasteiger charge is -2.11. The fourth-order valence-corrected chi connectivity index (χ4v) is 1.34. The highest BCUT2D eigenvalue weighted by Gasteiger charge is 2.33. The minimum atomic E-state index is -4.61. The van der Waals surface area contributed by atoms with E-state index in [0.717, 1.165) is 6.07 Å². The van der Waals surface area contributed by atoms with Gasteiger partial charge in [-0.2, -0.15) is 18.2 Å². The van der Waals surface area contributed by atoms with Crippen molar-refractivity contribution in [1.29, 1.82) is 0 Å². The molecule has 0 aromatic carbocycles. The van der Waals surface area contributed by atoms with E-state index < -0.39 is 11.9 Å². The van der Waals surface area contributed by atoms with Crippen molar-refractivity contribution in [3.63, 3.8) is 0 Å². The molecule has 0 saturated heterocycles. The Balaban J connectivity index is 2.72. The molecule has 0 fully saturated rings. The monoisotopic (exact) mass is 292 g/mol. The third kappa shape index (κ3) is 4.88. The number of rotatable bonds is 6. The van der Waals surface area contributed by atoms with Crippen molar-refractivity contribution in [2.24, 2.45) is 5.84 Å². The van der Waals surface area contributed by atoms with Crippen LogP contribution in [0.15, 0.2) is 6.07 Å². The van der Waals surface area contributed by atoms with Crippen LogP contribution in [0.1, 0.15) is 19.0 Å². The first-order valence-electron chi connectivity index (χ1n) is 5.80. The van der Waals surface area contributed by atoms with Crippen LogP contribution in [0.5, 0.6) is 0 Å². The topological polar surface area (TPSA) is 105 Å². The molecule has 0 aliphatic heterocycles. The number of anilines is 2. The van der Waals surface area contributed by atoms with E-state index >= 15 is 0 Å².